The van der Waals surface area contributed by atoms with Crippen LogP contribution in [0.5, 0.6) is 5.75 Å². The van der Waals surface area contributed by atoms with Crippen molar-refractivity contribution in [1.82, 2.24) is 15.0 Å². The third-order valence-electron chi connectivity index (χ3n) is 4.05. The smallest absolute Gasteiger partial charge is 0.119 e. The van der Waals surface area contributed by atoms with Crippen LogP contribution >= 0.6 is 0 Å². The minimum atomic E-state index is -0.0371. The molecule has 0 aliphatic heterocycles. The van der Waals surface area contributed by atoms with Gasteiger partial charge in [0, 0.05) is 5.92 Å². The maximum absolute atomic E-state index is 9.39. The predicted octanol–water partition coefficient (Wildman–Crippen LogP) is 2.43. The Morgan fingerprint density at radius 1 is 1.38 bits per heavy atom. The molecule has 21 heavy (non-hydrogen) atoms. The maximum Gasteiger partial charge on any atom is 0.119 e. The average molecular weight is 287 g/mol. The first-order chi connectivity index (χ1) is 10.3. The normalized spacial score (nSPS) is 15.0. The molecule has 1 aromatic heterocycles. The molecule has 0 spiro atoms. The number of aryl methyl sites for hydroxylation is 1. The van der Waals surface area contributed by atoms with Gasteiger partial charge in [-0.3, -0.25) is 0 Å². The number of hydrogen-bond acceptors (Lipinski definition) is 4. The van der Waals surface area contributed by atoms with Crippen LogP contribution in [0.3, 0.4) is 0 Å². The van der Waals surface area contributed by atoms with Crippen LogP contribution in [0.25, 0.3) is 0 Å². The molecule has 1 heterocycles. The number of rotatable bonds is 6. The summed E-state index contributed by atoms with van der Waals surface area (Å²) in [6.07, 6.45) is 3.58. The Balaban J connectivity index is 1.64. The minimum absolute atomic E-state index is 0.0371. The summed E-state index contributed by atoms with van der Waals surface area (Å²) >= 11 is 0. The van der Waals surface area contributed by atoms with Gasteiger partial charge in [0.1, 0.15) is 18.1 Å². The van der Waals surface area contributed by atoms with Crippen LogP contribution in [-0.4, -0.2) is 26.7 Å². The topological polar surface area (TPSA) is 60.2 Å². The zero-order valence-electron chi connectivity index (χ0n) is 12.3. The van der Waals surface area contributed by atoms with Gasteiger partial charge in [0.05, 0.1) is 18.8 Å². The van der Waals surface area contributed by atoms with E-state index in [9.17, 15) is 5.11 Å². The Bertz CT molecular complexity index is 605. The number of nitrogens with zero attached hydrogens (tertiary/aromatic N) is 3. The SMILES string of the molecule is Cc1cccc(OCCn2nnc(CO)c2C2CCC2)c1. The molecule has 1 saturated carbocycles. The van der Waals surface area contributed by atoms with E-state index in [0.29, 0.717) is 19.1 Å². The molecular formula is C16H21N3O2. The number of benzene rings is 1. The summed E-state index contributed by atoms with van der Waals surface area (Å²) < 4.78 is 7.66. The summed E-state index contributed by atoms with van der Waals surface area (Å²) in [5.41, 5.74) is 3.00. The van der Waals surface area contributed by atoms with Crippen LogP contribution in [0.15, 0.2) is 24.3 Å². The Kier molecular flexibility index (Phi) is 4.20. The van der Waals surface area contributed by atoms with Crippen LogP contribution in [-0.2, 0) is 13.2 Å². The lowest BCUT2D eigenvalue weighted by Gasteiger charge is -2.26. The Hall–Kier alpha value is -1.88. The number of aromatic nitrogens is 3. The number of hydrogen-bond donors (Lipinski definition) is 1. The van der Waals surface area contributed by atoms with E-state index in [2.05, 4.69) is 10.3 Å². The molecule has 0 bridgehead atoms. The lowest BCUT2D eigenvalue weighted by atomic mass is 9.82. The molecule has 5 nitrogen and oxygen atoms in total. The van der Waals surface area contributed by atoms with Crippen LogP contribution in [0.1, 0.15) is 42.1 Å². The second-order valence-electron chi connectivity index (χ2n) is 5.60. The molecule has 1 aromatic carbocycles. The predicted molar refractivity (Wildman–Crippen MR) is 79.2 cm³/mol. The third kappa shape index (κ3) is 3.08. The van der Waals surface area contributed by atoms with Crippen molar-refractivity contribution in [1.29, 1.82) is 0 Å². The number of aliphatic hydroxyl groups is 1. The Morgan fingerprint density at radius 3 is 2.90 bits per heavy atom. The fraction of sp³-hybridized carbons (Fsp3) is 0.500. The Labute approximate surface area is 124 Å². The molecule has 2 aromatic rings. The summed E-state index contributed by atoms with van der Waals surface area (Å²) in [6.45, 7) is 3.22. The van der Waals surface area contributed by atoms with Gasteiger partial charge in [0.15, 0.2) is 0 Å². The van der Waals surface area contributed by atoms with Gasteiger partial charge in [-0.05, 0) is 37.5 Å². The standard InChI is InChI=1S/C16H21N3O2/c1-12-4-2-7-14(10-12)21-9-8-19-16(13-5-3-6-13)15(11-20)17-18-19/h2,4,7,10,13,20H,3,5-6,8-9,11H2,1H3. The van der Waals surface area contributed by atoms with Crippen molar-refractivity contribution < 1.29 is 9.84 Å². The molecule has 0 saturated heterocycles. The van der Waals surface area contributed by atoms with E-state index in [-0.39, 0.29) is 6.61 Å². The minimum Gasteiger partial charge on any atom is -0.492 e. The molecule has 1 aliphatic carbocycles. The van der Waals surface area contributed by atoms with E-state index in [1.807, 2.05) is 35.9 Å². The maximum atomic E-state index is 9.39. The zero-order valence-corrected chi connectivity index (χ0v) is 12.3. The van der Waals surface area contributed by atoms with Crippen LogP contribution in [0.4, 0.5) is 0 Å². The summed E-state index contributed by atoms with van der Waals surface area (Å²) in [4.78, 5) is 0. The second-order valence-corrected chi connectivity index (χ2v) is 5.60. The fourth-order valence-electron chi connectivity index (χ4n) is 2.72. The van der Waals surface area contributed by atoms with Gasteiger partial charge < -0.3 is 9.84 Å². The summed E-state index contributed by atoms with van der Waals surface area (Å²) in [5, 5.41) is 17.6. The molecule has 0 unspecified atom stereocenters. The lowest BCUT2D eigenvalue weighted by Crippen LogP contribution is -2.19. The highest BCUT2D eigenvalue weighted by Crippen LogP contribution is 2.37. The summed E-state index contributed by atoms with van der Waals surface area (Å²) in [5.74, 6) is 1.38. The third-order valence-corrected chi connectivity index (χ3v) is 4.05. The molecule has 1 fully saturated rings. The highest BCUT2D eigenvalue weighted by Gasteiger charge is 2.27. The first kappa shape index (κ1) is 14.1. The fourth-order valence-corrected chi connectivity index (χ4v) is 2.72. The first-order valence-electron chi connectivity index (χ1n) is 7.50. The molecule has 0 atom stereocenters. The van der Waals surface area contributed by atoms with Gasteiger partial charge in [-0.15, -0.1) is 5.10 Å². The molecule has 1 N–H and O–H groups in total. The lowest BCUT2D eigenvalue weighted by molar-refractivity contribution is 0.267. The van der Waals surface area contributed by atoms with Gasteiger partial charge in [-0.2, -0.15) is 0 Å². The van der Waals surface area contributed by atoms with E-state index in [1.165, 1.54) is 24.8 Å². The van der Waals surface area contributed by atoms with Crippen LogP contribution < -0.4 is 4.74 Å². The highest BCUT2D eigenvalue weighted by molar-refractivity contribution is 5.27. The number of aliphatic hydroxyl groups excluding tert-OH is 1. The second kappa shape index (κ2) is 6.26. The summed E-state index contributed by atoms with van der Waals surface area (Å²) in [6, 6.07) is 8.02. The average Bonchev–Trinajstić information content (AvgIpc) is 2.80. The van der Waals surface area contributed by atoms with E-state index < -0.39 is 0 Å². The Morgan fingerprint density at radius 2 is 2.24 bits per heavy atom. The van der Waals surface area contributed by atoms with Crippen molar-refractivity contribution in [3.05, 3.63) is 41.2 Å². The van der Waals surface area contributed by atoms with Crippen molar-refractivity contribution in [2.45, 2.75) is 45.3 Å². The van der Waals surface area contributed by atoms with E-state index in [1.54, 1.807) is 0 Å². The van der Waals surface area contributed by atoms with Gasteiger partial charge >= 0.3 is 0 Å². The van der Waals surface area contributed by atoms with Crippen molar-refractivity contribution in [3.8, 4) is 5.75 Å². The van der Waals surface area contributed by atoms with Gasteiger partial charge in [-0.1, -0.05) is 23.8 Å². The molecule has 0 amide bonds. The quantitative estimate of drug-likeness (QED) is 0.886. The van der Waals surface area contributed by atoms with Crippen molar-refractivity contribution in [2.75, 3.05) is 6.61 Å². The zero-order chi connectivity index (χ0) is 14.7. The van der Waals surface area contributed by atoms with Crippen LogP contribution in [0.2, 0.25) is 0 Å². The number of ether oxygens (including phenoxy) is 1. The monoisotopic (exact) mass is 287 g/mol. The van der Waals surface area contributed by atoms with Crippen molar-refractivity contribution in [2.24, 2.45) is 0 Å². The molecule has 1 aliphatic rings. The van der Waals surface area contributed by atoms with Gasteiger partial charge in [-0.25, -0.2) is 4.68 Å². The van der Waals surface area contributed by atoms with Gasteiger partial charge in [0.25, 0.3) is 0 Å². The van der Waals surface area contributed by atoms with Gasteiger partial charge in [0.2, 0.25) is 0 Å². The van der Waals surface area contributed by atoms with E-state index in [0.717, 1.165) is 17.1 Å². The molecule has 112 valence electrons. The van der Waals surface area contributed by atoms with Crippen molar-refractivity contribution >= 4 is 0 Å². The van der Waals surface area contributed by atoms with Crippen molar-refractivity contribution in [3.63, 3.8) is 0 Å². The largest absolute Gasteiger partial charge is 0.492 e. The van der Waals surface area contributed by atoms with E-state index >= 15 is 0 Å². The molecule has 0 radical (unpaired) electrons. The molecule has 3 rings (SSSR count). The van der Waals surface area contributed by atoms with E-state index in [4.69, 9.17) is 4.74 Å². The van der Waals surface area contributed by atoms with Crippen LogP contribution in [0, 0.1) is 6.92 Å². The highest BCUT2D eigenvalue weighted by atomic mass is 16.5. The first-order valence-corrected chi connectivity index (χ1v) is 7.50. The molecule has 5 heteroatoms. The summed E-state index contributed by atoms with van der Waals surface area (Å²) in [7, 11) is 0. The molecular weight excluding hydrogens is 266 g/mol.